The molecule has 0 aliphatic carbocycles. The largest absolute Gasteiger partial charge is 0.486 e. The van der Waals surface area contributed by atoms with Crippen LogP contribution in [0, 0.1) is 6.92 Å². The van der Waals surface area contributed by atoms with Gasteiger partial charge in [-0.15, -0.1) is 5.10 Å². The lowest BCUT2D eigenvalue weighted by molar-refractivity contribution is 0.102. The second-order valence-electron chi connectivity index (χ2n) is 6.12. The van der Waals surface area contributed by atoms with Gasteiger partial charge in [0.05, 0.1) is 6.04 Å². The van der Waals surface area contributed by atoms with Gasteiger partial charge < -0.3 is 10.1 Å². The first-order valence-corrected chi connectivity index (χ1v) is 8.26. The SMILES string of the molecule is Cc1ccc(NC(=O)c2ccc(OCc3nnnn3C(C)C)cc2)nc1. The Morgan fingerprint density at radius 2 is 1.96 bits per heavy atom. The van der Waals surface area contributed by atoms with Gasteiger partial charge in [0.2, 0.25) is 0 Å². The van der Waals surface area contributed by atoms with E-state index in [0.29, 0.717) is 23.0 Å². The van der Waals surface area contributed by atoms with Crippen molar-refractivity contribution in [3.8, 4) is 5.75 Å². The van der Waals surface area contributed by atoms with Crippen LogP contribution in [0.4, 0.5) is 5.82 Å². The Morgan fingerprint density at radius 3 is 2.62 bits per heavy atom. The predicted octanol–water partition coefficient (Wildman–Crippen LogP) is 2.79. The number of carbonyl (C=O) groups is 1. The second-order valence-corrected chi connectivity index (χ2v) is 6.12. The van der Waals surface area contributed by atoms with Crippen LogP contribution in [0.15, 0.2) is 42.6 Å². The Balaban J connectivity index is 1.60. The first kappa shape index (κ1) is 17.5. The highest BCUT2D eigenvalue weighted by Gasteiger charge is 2.11. The summed E-state index contributed by atoms with van der Waals surface area (Å²) in [7, 11) is 0. The van der Waals surface area contributed by atoms with E-state index in [-0.39, 0.29) is 18.6 Å². The van der Waals surface area contributed by atoms with Crippen molar-refractivity contribution < 1.29 is 9.53 Å². The summed E-state index contributed by atoms with van der Waals surface area (Å²) in [5.74, 6) is 1.57. The van der Waals surface area contributed by atoms with Crippen molar-refractivity contribution in [3.63, 3.8) is 0 Å². The van der Waals surface area contributed by atoms with Gasteiger partial charge >= 0.3 is 0 Å². The van der Waals surface area contributed by atoms with E-state index >= 15 is 0 Å². The lowest BCUT2D eigenvalue weighted by Gasteiger charge is -2.09. The third kappa shape index (κ3) is 4.21. The summed E-state index contributed by atoms with van der Waals surface area (Å²) < 4.78 is 7.40. The van der Waals surface area contributed by atoms with Crippen LogP contribution in [0.25, 0.3) is 0 Å². The molecule has 1 amide bonds. The van der Waals surface area contributed by atoms with E-state index in [1.54, 1.807) is 41.2 Å². The first-order valence-electron chi connectivity index (χ1n) is 8.26. The monoisotopic (exact) mass is 352 g/mol. The fraction of sp³-hybridized carbons (Fsp3) is 0.278. The number of nitrogens with zero attached hydrogens (tertiary/aromatic N) is 5. The van der Waals surface area contributed by atoms with E-state index in [1.807, 2.05) is 26.8 Å². The number of benzene rings is 1. The minimum absolute atomic E-state index is 0.157. The minimum atomic E-state index is -0.225. The van der Waals surface area contributed by atoms with Crippen molar-refractivity contribution in [1.29, 1.82) is 0 Å². The molecular weight excluding hydrogens is 332 g/mol. The van der Waals surface area contributed by atoms with Crippen LogP contribution in [-0.4, -0.2) is 31.1 Å². The fourth-order valence-corrected chi connectivity index (χ4v) is 2.29. The van der Waals surface area contributed by atoms with Gasteiger partial charge in [0.25, 0.3) is 5.91 Å². The van der Waals surface area contributed by atoms with E-state index < -0.39 is 0 Å². The van der Waals surface area contributed by atoms with Crippen LogP contribution in [0.5, 0.6) is 5.75 Å². The summed E-state index contributed by atoms with van der Waals surface area (Å²) >= 11 is 0. The molecule has 134 valence electrons. The Morgan fingerprint density at radius 1 is 1.19 bits per heavy atom. The van der Waals surface area contributed by atoms with Crippen LogP contribution < -0.4 is 10.1 Å². The molecule has 0 radical (unpaired) electrons. The average Bonchev–Trinajstić information content (AvgIpc) is 3.11. The molecule has 1 N–H and O–H groups in total. The van der Waals surface area contributed by atoms with Crippen LogP contribution in [0.1, 0.15) is 41.6 Å². The molecule has 0 saturated carbocycles. The standard InChI is InChI=1S/C18H20N6O2/c1-12(2)24-17(21-22-23-24)11-26-15-7-5-14(6-8-15)18(25)20-16-9-4-13(3)10-19-16/h4-10,12H,11H2,1-3H3,(H,19,20,25). The fourth-order valence-electron chi connectivity index (χ4n) is 2.29. The summed E-state index contributed by atoms with van der Waals surface area (Å²) in [5, 5.41) is 14.3. The van der Waals surface area contributed by atoms with Gasteiger partial charge in [-0.2, -0.15) is 0 Å². The Kier molecular flexibility index (Phi) is 5.21. The van der Waals surface area contributed by atoms with Crippen LogP contribution in [-0.2, 0) is 6.61 Å². The van der Waals surface area contributed by atoms with Crippen molar-refractivity contribution in [2.75, 3.05) is 5.32 Å². The van der Waals surface area contributed by atoms with Gasteiger partial charge in [0, 0.05) is 11.8 Å². The molecule has 0 atom stereocenters. The predicted molar refractivity (Wildman–Crippen MR) is 95.9 cm³/mol. The average molecular weight is 352 g/mol. The van der Waals surface area contributed by atoms with E-state index in [4.69, 9.17) is 4.74 Å². The number of hydrogen-bond acceptors (Lipinski definition) is 6. The van der Waals surface area contributed by atoms with Gasteiger partial charge in [-0.1, -0.05) is 6.07 Å². The molecule has 0 bridgehead atoms. The quantitative estimate of drug-likeness (QED) is 0.733. The summed E-state index contributed by atoms with van der Waals surface area (Å²) in [4.78, 5) is 16.4. The summed E-state index contributed by atoms with van der Waals surface area (Å²) in [6.45, 7) is 6.19. The molecule has 0 aliphatic rings. The van der Waals surface area contributed by atoms with Crippen molar-refractivity contribution in [2.24, 2.45) is 0 Å². The Hall–Kier alpha value is -3.29. The van der Waals surface area contributed by atoms with Crippen molar-refractivity contribution in [1.82, 2.24) is 25.2 Å². The second kappa shape index (κ2) is 7.73. The number of tetrazole rings is 1. The number of rotatable bonds is 6. The number of pyridine rings is 1. The number of anilines is 1. The Labute approximate surface area is 151 Å². The number of ether oxygens (including phenoxy) is 1. The number of nitrogens with one attached hydrogen (secondary N) is 1. The highest BCUT2D eigenvalue weighted by molar-refractivity contribution is 6.03. The van der Waals surface area contributed by atoms with Crippen molar-refractivity contribution >= 4 is 11.7 Å². The molecule has 3 aromatic rings. The van der Waals surface area contributed by atoms with Gasteiger partial charge in [0.1, 0.15) is 18.2 Å². The molecule has 0 spiro atoms. The lowest BCUT2D eigenvalue weighted by atomic mass is 10.2. The van der Waals surface area contributed by atoms with E-state index in [1.165, 1.54) is 0 Å². The van der Waals surface area contributed by atoms with Crippen LogP contribution >= 0.6 is 0 Å². The van der Waals surface area contributed by atoms with Gasteiger partial charge in [-0.3, -0.25) is 4.79 Å². The highest BCUT2D eigenvalue weighted by Crippen LogP contribution is 2.15. The zero-order valence-electron chi connectivity index (χ0n) is 14.9. The molecule has 2 aromatic heterocycles. The molecule has 0 saturated heterocycles. The van der Waals surface area contributed by atoms with Gasteiger partial charge in [0.15, 0.2) is 5.82 Å². The number of amides is 1. The smallest absolute Gasteiger partial charge is 0.256 e. The summed E-state index contributed by atoms with van der Waals surface area (Å²) in [6, 6.07) is 10.7. The molecular formula is C18H20N6O2. The number of aromatic nitrogens is 5. The molecule has 0 fully saturated rings. The summed E-state index contributed by atoms with van der Waals surface area (Å²) in [6.07, 6.45) is 1.71. The maximum atomic E-state index is 12.3. The van der Waals surface area contributed by atoms with Gasteiger partial charge in [-0.25, -0.2) is 9.67 Å². The van der Waals surface area contributed by atoms with Crippen molar-refractivity contribution in [3.05, 3.63) is 59.5 Å². The molecule has 0 unspecified atom stereocenters. The van der Waals surface area contributed by atoms with E-state index in [2.05, 4.69) is 25.8 Å². The number of hydrogen-bond donors (Lipinski definition) is 1. The molecule has 3 rings (SSSR count). The molecule has 8 nitrogen and oxygen atoms in total. The topological polar surface area (TPSA) is 94.8 Å². The zero-order valence-corrected chi connectivity index (χ0v) is 14.9. The molecule has 0 aliphatic heterocycles. The highest BCUT2D eigenvalue weighted by atomic mass is 16.5. The van der Waals surface area contributed by atoms with Crippen molar-refractivity contribution in [2.45, 2.75) is 33.4 Å². The van der Waals surface area contributed by atoms with E-state index in [9.17, 15) is 4.79 Å². The van der Waals surface area contributed by atoms with Gasteiger partial charge in [-0.05, 0) is 67.1 Å². The lowest BCUT2D eigenvalue weighted by Crippen LogP contribution is -2.13. The Bertz CT molecular complexity index is 871. The third-order valence-electron chi connectivity index (χ3n) is 3.69. The van der Waals surface area contributed by atoms with E-state index in [0.717, 1.165) is 5.56 Å². The molecule has 8 heteroatoms. The maximum Gasteiger partial charge on any atom is 0.256 e. The van der Waals surface area contributed by atoms with Crippen LogP contribution in [0.3, 0.4) is 0 Å². The molecule has 2 heterocycles. The number of aryl methyl sites for hydroxylation is 1. The van der Waals surface area contributed by atoms with Crippen LogP contribution in [0.2, 0.25) is 0 Å². The first-order chi connectivity index (χ1) is 12.5. The molecule has 1 aromatic carbocycles. The normalized spacial score (nSPS) is 10.8. The summed E-state index contributed by atoms with van der Waals surface area (Å²) in [5.41, 5.74) is 1.56. The minimum Gasteiger partial charge on any atom is -0.486 e. The molecule has 26 heavy (non-hydrogen) atoms. The zero-order chi connectivity index (χ0) is 18.5. The third-order valence-corrected chi connectivity index (χ3v) is 3.69. The maximum absolute atomic E-state index is 12.3. The number of carbonyl (C=O) groups excluding carboxylic acids is 1.